The van der Waals surface area contributed by atoms with E-state index in [0.29, 0.717) is 11.3 Å². The average Bonchev–Trinajstić information content (AvgIpc) is 2.15. The van der Waals surface area contributed by atoms with Gasteiger partial charge in [-0.2, -0.15) is 0 Å². The number of fused-ring (bicyclic) bond motifs is 1. The summed E-state index contributed by atoms with van der Waals surface area (Å²) in [5, 5.41) is 3.46. The second kappa shape index (κ2) is 4.44. The van der Waals surface area contributed by atoms with Crippen LogP contribution >= 0.6 is 12.4 Å². The summed E-state index contributed by atoms with van der Waals surface area (Å²) in [6.07, 6.45) is 1.25. The van der Waals surface area contributed by atoms with Crippen LogP contribution in [0.1, 0.15) is 38.7 Å². The van der Waals surface area contributed by atoms with Crippen LogP contribution in [0.5, 0.6) is 0 Å². The van der Waals surface area contributed by atoms with Crippen LogP contribution in [0.15, 0.2) is 24.3 Å². The summed E-state index contributed by atoms with van der Waals surface area (Å²) in [5.74, 6) is 0.694. The van der Waals surface area contributed by atoms with E-state index in [2.05, 4.69) is 50.4 Å². The van der Waals surface area contributed by atoms with Gasteiger partial charge in [0.25, 0.3) is 0 Å². The molecule has 1 unspecified atom stereocenters. The molecule has 0 aliphatic carbocycles. The van der Waals surface area contributed by atoms with Crippen LogP contribution in [0.25, 0.3) is 0 Å². The van der Waals surface area contributed by atoms with Crippen LogP contribution in [-0.2, 0) is 0 Å². The van der Waals surface area contributed by atoms with Gasteiger partial charge in [0.05, 0.1) is 0 Å². The maximum atomic E-state index is 3.46. The molecule has 1 aliphatic heterocycles. The van der Waals surface area contributed by atoms with E-state index in [9.17, 15) is 0 Å². The topological polar surface area (TPSA) is 12.0 Å². The first kappa shape index (κ1) is 12.4. The Kier molecular flexibility index (Phi) is 3.67. The molecule has 0 spiro atoms. The Hall–Kier alpha value is -0.690. The molecule has 15 heavy (non-hydrogen) atoms. The van der Waals surface area contributed by atoms with E-state index >= 15 is 0 Å². The molecule has 0 aromatic heterocycles. The fraction of sp³-hybridized carbons (Fsp3) is 0.538. The summed E-state index contributed by atoms with van der Waals surface area (Å²) in [6.45, 7) is 8.11. The maximum Gasteiger partial charge on any atom is 0.0375 e. The van der Waals surface area contributed by atoms with Gasteiger partial charge in [0.15, 0.2) is 0 Å². The van der Waals surface area contributed by atoms with Gasteiger partial charge >= 0.3 is 0 Å². The lowest BCUT2D eigenvalue weighted by atomic mass is 9.73. The van der Waals surface area contributed by atoms with Crippen LogP contribution in [0.4, 0.5) is 5.69 Å². The van der Waals surface area contributed by atoms with Gasteiger partial charge in [-0.3, -0.25) is 0 Å². The highest BCUT2D eigenvalue weighted by molar-refractivity contribution is 5.85. The predicted molar refractivity (Wildman–Crippen MR) is 69.0 cm³/mol. The molecule has 1 atom stereocenters. The number of hydrogen-bond acceptors (Lipinski definition) is 1. The van der Waals surface area contributed by atoms with Crippen molar-refractivity contribution in [3.05, 3.63) is 29.8 Å². The van der Waals surface area contributed by atoms with Crippen LogP contribution in [0, 0.1) is 5.41 Å². The van der Waals surface area contributed by atoms with E-state index in [4.69, 9.17) is 0 Å². The summed E-state index contributed by atoms with van der Waals surface area (Å²) in [5.41, 5.74) is 3.20. The minimum atomic E-state index is 0. The highest BCUT2D eigenvalue weighted by atomic mass is 35.5. The lowest BCUT2D eigenvalue weighted by Gasteiger charge is -2.36. The van der Waals surface area contributed by atoms with Gasteiger partial charge in [-0.05, 0) is 29.4 Å². The third kappa shape index (κ3) is 2.46. The first-order valence-corrected chi connectivity index (χ1v) is 5.42. The van der Waals surface area contributed by atoms with Crippen LogP contribution in [-0.4, -0.2) is 6.54 Å². The van der Waals surface area contributed by atoms with Crippen molar-refractivity contribution in [1.82, 2.24) is 0 Å². The smallest absolute Gasteiger partial charge is 0.0375 e. The molecule has 1 aromatic rings. The molecule has 0 fully saturated rings. The first-order chi connectivity index (χ1) is 6.59. The Morgan fingerprint density at radius 1 is 1.20 bits per heavy atom. The summed E-state index contributed by atoms with van der Waals surface area (Å²) in [7, 11) is 0. The lowest BCUT2D eigenvalue weighted by molar-refractivity contribution is 0.305. The zero-order valence-corrected chi connectivity index (χ0v) is 10.5. The molecule has 0 bridgehead atoms. The molecule has 2 heteroatoms. The molecular weight excluding hydrogens is 206 g/mol. The molecule has 2 rings (SSSR count). The van der Waals surface area contributed by atoms with E-state index in [1.165, 1.54) is 17.7 Å². The van der Waals surface area contributed by atoms with Crippen LogP contribution in [0.3, 0.4) is 0 Å². The lowest BCUT2D eigenvalue weighted by Crippen LogP contribution is -2.26. The van der Waals surface area contributed by atoms with Gasteiger partial charge in [-0.1, -0.05) is 39.0 Å². The van der Waals surface area contributed by atoms with Crippen molar-refractivity contribution < 1.29 is 0 Å². The van der Waals surface area contributed by atoms with Crippen molar-refractivity contribution in [3.63, 3.8) is 0 Å². The Balaban J connectivity index is 0.00000112. The van der Waals surface area contributed by atoms with E-state index in [-0.39, 0.29) is 12.4 Å². The molecule has 1 aliphatic rings. The van der Waals surface area contributed by atoms with Crippen LogP contribution < -0.4 is 5.32 Å². The SMILES string of the molecule is CC(C)(C)C1CCNc2ccccc21.Cl. The Bertz CT molecular complexity index is 328. The number of hydrogen-bond donors (Lipinski definition) is 1. The number of halogens is 1. The molecule has 84 valence electrons. The molecular formula is C13H20ClN. The van der Waals surface area contributed by atoms with E-state index in [0.717, 1.165) is 6.54 Å². The van der Waals surface area contributed by atoms with Gasteiger partial charge < -0.3 is 5.32 Å². The molecule has 1 aromatic carbocycles. The molecule has 0 amide bonds. The van der Waals surface area contributed by atoms with Gasteiger partial charge in [-0.25, -0.2) is 0 Å². The number of benzene rings is 1. The van der Waals surface area contributed by atoms with Crippen molar-refractivity contribution in [2.24, 2.45) is 5.41 Å². The molecule has 1 N–H and O–H groups in total. The highest BCUT2D eigenvalue weighted by Crippen LogP contribution is 2.42. The van der Waals surface area contributed by atoms with Crippen LogP contribution in [0.2, 0.25) is 0 Å². The number of anilines is 1. The Morgan fingerprint density at radius 2 is 1.87 bits per heavy atom. The standard InChI is InChI=1S/C13H19N.ClH/c1-13(2,3)11-8-9-14-12-7-5-4-6-10(11)12;/h4-7,11,14H,8-9H2,1-3H3;1H. The maximum absolute atomic E-state index is 3.46. The monoisotopic (exact) mass is 225 g/mol. The minimum absolute atomic E-state index is 0. The van der Waals surface area contributed by atoms with Crippen molar-refractivity contribution in [1.29, 1.82) is 0 Å². The average molecular weight is 226 g/mol. The molecule has 1 nitrogen and oxygen atoms in total. The van der Waals surface area contributed by atoms with E-state index < -0.39 is 0 Å². The van der Waals surface area contributed by atoms with E-state index in [1.54, 1.807) is 0 Å². The first-order valence-electron chi connectivity index (χ1n) is 5.42. The largest absolute Gasteiger partial charge is 0.385 e. The van der Waals surface area contributed by atoms with Gasteiger partial charge in [0, 0.05) is 12.2 Å². The molecule has 0 saturated heterocycles. The number of rotatable bonds is 0. The zero-order valence-electron chi connectivity index (χ0n) is 9.71. The van der Waals surface area contributed by atoms with Crippen molar-refractivity contribution in [3.8, 4) is 0 Å². The quantitative estimate of drug-likeness (QED) is 0.703. The fourth-order valence-electron chi connectivity index (χ4n) is 2.37. The van der Waals surface area contributed by atoms with Gasteiger partial charge in [0.1, 0.15) is 0 Å². The molecule has 0 radical (unpaired) electrons. The fourth-order valence-corrected chi connectivity index (χ4v) is 2.37. The Labute approximate surface area is 98.7 Å². The third-order valence-corrected chi connectivity index (χ3v) is 3.13. The van der Waals surface area contributed by atoms with Gasteiger partial charge in [-0.15, -0.1) is 12.4 Å². The Morgan fingerprint density at radius 3 is 2.53 bits per heavy atom. The number of nitrogens with one attached hydrogen (secondary N) is 1. The van der Waals surface area contributed by atoms with Crippen molar-refractivity contribution in [2.75, 3.05) is 11.9 Å². The minimum Gasteiger partial charge on any atom is -0.385 e. The van der Waals surface area contributed by atoms with Crippen molar-refractivity contribution in [2.45, 2.75) is 33.1 Å². The van der Waals surface area contributed by atoms with E-state index in [1.807, 2.05) is 0 Å². The normalized spacial score (nSPS) is 19.8. The summed E-state index contributed by atoms with van der Waals surface area (Å²) < 4.78 is 0. The predicted octanol–water partition coefficient (Wildman–Crippen LogP) is 4.05. The number of para-hydroxylation sites is 1. The molecule has 1 heterocycles. The third-order valence-electron chi connectivity index (χ3n) is 3.13. The highest BCUT2D eigenvalue weighted by Gasteiger charge is 2.29. The summed E-state index contributed by atoms with van der Waals surface area (Å²) in [6, 6.07) is 8.70. The second-order valence-corrected chi connectivity index (χ2v) is 5.22. The van der Waals surface area contributed by atoms with Gasteiger partial charge in [0.2, 0.25) is 0 Å². The zero-order chi connectivity index (χ0) is 10.2. The van der Waals surface area contributed by atoms with Crippen molar-refractivity contribution >= 4 is 18.1 Å². The summed E-state index contributed by atoms with van der Waals surface area (Å²) >= 11 is 0. The second-order valence-electron chi connectivity index (χ2n) is 5.22. The molecule has 0 saturated carbocycles. The summed E-state index contributed by atoms with van der Waals surface area (Å²) in [4.78, 5) is 0.